The molecule has 0 aliphatic heterocycles. The molecule has 0 aliphatic carbocycles. The molecule has 0 amide bonds. The minimum atomic E-state index is -0.351. The van der Waals surface area contributed by atoms with E-state index in [1.165, 1.54) is 7.11 Å². The summed E-state index contributed by atoms with van der Waals surface area (Å²) < 4.78 is 6.72. The van der Waals surface area contributed by atoms with E-state index in [1.807, 2.05) is 29.0 Å². The van der Waals surface area contributed by atoms with Gasteiger partial charge in [0.2, 0.25) is 0 Å². The zero-order valence-corrected chi connectivity index (χ0v) is 12.6. The largest absolute Gasteiger partial charge is 0.465 e. The van der Waals surface area contributed by atoms with Crippen molar-refractivity contribution in [3.8, 4) is 6.07 Å². The van der Waals surface area contributed by atoms with Gasteiger partial charge in [0.1, 0.15) is 7.85 Å². The van der Waals surface area contributed by atoms with E-state index in [0.717, 1.165) is 16.5 Å². The predicted molar refractivity (Wildman–Crippen MR) is 88.9 cm³/mol. The fourth-order valence-corrected chi connectivity index (χ4v) is 2.59. The SMILES string of the molecule is [B]c1cn(Cc2ccc(C(=O)OC)cc2)c2ccc(C#N)cc12. The summed E-state index contributed by atoms with van der Waals surface area (Å²) in [4.78, 5) is 11.5. The Bertz CT molecular complexity index is 921. The molecule has 1 heterocycles. The highest BCUT2D eigenvalue weighted by Gasteiger charge is 2.08. The van der Waals surface area contributed by atoms with Crippen LogP contribution in [0.2, 0.25) is 0 Å². The summed E-state index contributed by atoms with van der Waals surface area (Å²) in [6, 6.07) is 14.8. The standard InChI is InChI=1S/C18H13BN2O2/c1-23-18(22)14-5-2-12(3-6-14)10-21-11-16(19)15-8-13(9-20)4-7-17(15)21/h2-8,11H,10H2,1H3. The van der Waals surface area contributed by atoms with E-state index in [0.29, 0.717) is 23.1 Å². The molecule has 23 heavy (non-hydrogen) atoms. The second-order valence-corrected chi connectivity index (χ2v) is 5.24. The van der Waals surface area contributed by atoms with E-state index in [1.54, 1.807) is 24.3 Å². The van der Waals surface area contributed by atoms with Crippen LogP contribution in [-0.2, 0) is 11.3 Å². The first kappa shape index (κ1) is 14.9. The van der Waals surface area contributed by atoms with Gasteiger partial charge in [-0.05, 0) is 47.5 Å². The van der Waals surface area contributed by atoms with E-state index < -0.39 is 0 Å². The Balaban J connectivity index is 1.93. The first-order chi connectivity index (χ1) is 11.1. The molecule has 0 N–H and O–H groups in total. The van der Waals surface area contributed by atoms with Crippen molar-refractivity contribution in [1.82, 2.24) is 4.57 Å². The molecule has 0 bridgehead atoms. The van der Waals surface area contributed by atoms with E-state index in [9.17, 15) is 4.79 Å². The molecule has 4 nitrogen and oxygen atoms in total. The average Bonchev–Trinajstić information content (AvgIpc) is 2.90. The topological polar surface area (TPSA) is 55.0 Å². The number of methoxy groups -OCH3 is 1. The molecular formula is C18H13BN2O2. The number of hydrogen-bond donors (Lipinski definition) is 0. The van der Waals surface area contributed by atoms with Crippen LogP contribution in [-0.4, -0.2) is 25.5 Å². The lowest BCUT2D eigenvalue weighted by Gasteiger charge is -2.07. The molecular weight excluding hydrogens is 287 g/mol. The number of rotatable bonds is 3. The van der Waals surface area contributed by atoms with Crippen molar-refractivity contribution < 1.29 is 9.53 Å². The zero-order chi connectivity index (χ0) is 16.4. The normalized spacial score (nSPS) is 10.4. The maximum Gasteiger partial charge on any atom is 0.337 e. The van der Waals surface area contributed by atoms with Crippen molar-refractivity contribution in [3.05, 3.63) is 65.4 Å². The first-order valence-corrected chi connectivity index (χ1v) is 7.08. The summed E-state index contributed by atoms with van der Waals surface area (Å²) in [7, 11) is 7.41. The number of ether oxygens (including phenoxy) is 1. The number of carbonyl (C=O) groups excluding carboxylic acids is 1. The number of nitrogens with zero attached hydrogens (tertiary/aromatic N) is 2. The highest BCUT2D eigenvalue weighted by molar-refractivity contribution is 6.38. The van der Waals surface area contributed by atoms with E-state index >= 15 is 0 Å². The lowest BCUT2D eigenvalue weighted by atomic mass is 9.95. The van der Waals surface area contributed by atoms with Crippen LogP contribution in [0.5, 0.6) is 0 Å². The smallest absolute Gasteiger partial charge is 0.337 e. The lowest BCUT2D eigenvalue weighted by molar-refractivity contribution is 0.0600. The Kier molecular flexibility index (Phi) is 3.90. The molecule has 2 aromatic carbocycles. The van der Waals surface area contributed by atoms with Crippen LogP contribution in [0.1, 0.15) is 21.5 Å². The van der Waals surface area contributed by atoms with E-state index in [2.05, 4.69) is 6.07 Å². The third kappa shape index (κ3) is 2.84. The second-order valence-electron chi connectivity index (χ2n) is 5.24. The molecule has 0 spiro atoms. The Morgan fingerprint density at radius 1 is 1.26 bits per heavy atom. The van der Waals surface area contributed by atoms with Crippen LogP contribution in [0.4, 0.5) is 0 Å². The predicted octanol–water partition coefficient (Wildman–Crippen LogP) is 2.14. The molecule has 0 saturated carbocycles. The first-order valence-electron chi connectivity index (χ1n) is 7.08. The average molecular weight is 300 g/mol. The minimum Gasteiger partial charge on any atom is -0.465 e. The monoisotopic (exact) mass is 300 g/mol. The third-order valence-corrected chi connectivity index (χ3v) is 3.77. The summed E-state index contributed by atoms with van der Waals surface area (Å²) in [6.07, 6.45) is 1.86. The molecule has 1 aromatic heterocycles. The number of benzene rings is 2. The van der Waals surface area contributed by atoms with Crippen molar-refractivity contribution in [2.45, 2.75) is 6.54 Å². The molecule has 2 radical (unpaired) electrons. The van der Waals surface area contributed by atoms with Crippen molar-refractivity contribution in [1.29, 1.82) is 5.26 Å². The van der Waals surface area contributed by atoms with Crippen LogP contribution >= 0.6 is 0 Å². The van der Waals surface area contributed by atoms with Gasteiger partial charge in [0.05, 0.1) is 24.3 Å². The Hall–Kier alpha value is -3.00. The van der Waals surface area contributed by atoms with Crippen LogP contribution in [0, 0.1) is 11.3 Å². The number of hydrogen-bond acceptors (Lipinski definition) is 3. The van der Waals surface area contributed by atoms with Crippen molar-refractivity contribution in [2.24, 2.45) is 0 Å². The zero-order valence-electron chi connectivity index (χ0n) is 12.6. The lowest BCUT2D eigenvalue weighted by Crippen LogP contribution is -2.03. The summed E-state index contributed by atoms with van der Waals surface area (Å²) in [5.41, 5.74) is 3.76. The Morgan fingerprint density at radius 3 is 2.65 bits per heavy atom. The van der Waals surface area contributed by atoms with Gasteiger partial charge in [-0.15, -0.1) is 0 Å². The van der Waals surface area contributed by atoms with Crippen LogP contribution in [0.15, 0.2) is 48.7 Å². The van der Waals surface area contributed by atoms with Crippen molar-refractivity contribution in [2.75, 3.05) is 7.11 Å². The molecule has 0 fully saturated rings. The second kappa shape index (κ2) is 6.01. The van der Waals surface area contributed by atoms with Gasteiger partial charge in [-0.2, -0.15) is 5.26 Å². The van der Waals surface area contributed by atoms with Crippen LogP contribution in [0.3, 0.4) is 0 Å². The summed E-state index contributed by atoms with van der Waals surface area (Å²) in [5.74, 6) is -0.351. The van der Waals surface area contributed by atoms with Gasteiger partial charge in [-0.25, -0.2) is 4.79 Å². The highest BCUT2D eigenvalue weighted by Crippen LogP contribution is 2.17. The fourth-order valence-electron chi connectivity index (χ4n) is 2.59. The van der Waals surface area contributed by atoms with E-state index in [-0.39, 0.29) is 5.97 Å². The van der Waals surface area contributed by atoms with Gasteiger partial charge in [0.25, 0.3) is 0 Å². The summed E-state index contributed by atoms with van der Waals surface area (Å²) in [6.45, 7) is 0.626. The maximum absolute atomic E-state index is 11.5. The maximum atomic E-state index is 11.5. The fraction of sp³-hybridized carbons (Fsp3) is 0.111. The number of esters is 1. The van der Waals surface area contributed by atoms with Gasteiger partial charge >= 0.3 is 5.97 Å². The molecule has 0 saturated heterocycles. The van der Waals surface area contributed by atoms with Crippen molar-refractivity contribution in [3.63, 3.8) is 0 Å². The quantitative estimate of drug-likeness (QED) is 0.550. The van der Waals surface area contributed by atoms with Gasteiger partial charge in [0.15, 0.2) is 0 Å². The third-order valence-electron chi connectivity index (χ3n) is 3.77. The number of fused-ring (bicyclic) bond motifs is 1. The minimum absolute atomic E-state index is 0.351. The van der Waals surface area contributed by atoms with Gasteiger partial charge in [-0.1, -0.05) is 17.6 Å². The molecule has 3 rings (SSSR count). The molecule has 110 valence electrons. The number of aromatic nitrogens is 1. The van der Waals surface area contributed by atoms with Crippen LogP contribution in [0.25, 0.3) is 10.9 Å². The molecule has 0 unspecified atom stereocenters. The van der Waals surface area contributed by atoms with Gasteiger partial charge < -0.3 is 9.30 Å². The Labute approximate surface area is 135 Å². The number of nitriles is 1. The molecule has 0 atom stereocenters. The Morgan fingerprint density at radius 2 is 2.00 bits per heavy atom. The molecule has 3 aromatic rings. The number of carbonyl (C=O) groups is 1. The van der Waals surface area contributed by atoms with Gasteiger partial charge in [0, 0.05) is 12.1 Å². The van der Waals surface area contributed by atoms with Crippen LogP contribution < -0.4 is 5.46 Å². The highest BCUT2D eigenvalue weighted by atomic mass is 16.5. The van der Waals surface area contributed by atoms with E-state index in [4.69, 9.17) is 17.8 Å². The summed E-state index contributed by atoms with van der Waals surface area (Å²) >= 11 is 0. The van der Waals surface area contributed by atoms with Gasteiger partial charge in [-0.3, -0.25) is 0 Å². The van der Waals surface area contributed by atoms with Crippen molar-refractivity contribution >= 4 is 30.2 Å². The molecule has 5 heteroatoms. The summed E-state index contributed by atoms with van der Waals surface area (Å²) in [5, 5.41) is 9.86. The molecule has 0 aliphatic rings.